The van der Waals surface area contributed by atoms with Gasteiger partial charge in [-0.2, -0.15) is 0 Å². The minimum absolute atomic E-state index is 0.337. The van der Waals surface area contributed by atoms with Crippen LogP contribution in [0.4, 0.5) is 4.79 Å². The van der Waals surface area contributed by atoms with Crippen LogP contribution in [0.3, 0.4) is 0 Å². The highest BCUT2D eigenvalue weighted by molar-refractivity contribution is 9.09. The average molecular weight is 230 g/mol. The SMILES string of the molecule is O=C(O)NC(Br)c1ccccc1. The molecular weight excluding hydrogens is 222 g/mol. The lowest BCUT2D eigenvalue weighted by Crippen LogP contribution is -2.22. The van der Waals surface area contributed by atoms with Crippen molar-refractivity contribution in [2.45, 2.75) is 4.95 Å². The highest BCUT2D eigenvalue weighted by Gasteiger charge is 2.07. The number of amides is 1. The molecule has 0 fully saturated rings. The normalized spacial score (nSPS) is 12.1. The van der Waals surface area contributed by atoms with E-state index in [-0.39, 0.29) is 4.95 Å². The molecule has 4 heteroatoms. The van der Waals surface area contributed by atoms with Crippen molar-refractivity contribution in [3.05, 3.63) is 35.9 Å². The molecule has 3 nitrogen and oxygen atoms in total. The molecule has 1 atom stereocenters. The summed E-state index contributed by atoms with van der Waals surface area (Å²) >= 11 is 3.19. The Balaban J connectivity index is 2.65. The van der Waals surface area contributed by atoms with Gasteiger partial charge in [0.15, 0.2) is 0 Å². The number of hydrogen-bond donors (Lipinski definition) is 2. The van der Waals surface area contributed by atoms with Gasteiger partial charge in [-0.3, -0.25) is 0 Å². The Bertz CT molecular complexity index is 263. The molecule has 0 aliphatic carbocycles. The third-order valence-electron chi connectivity index (χ3n) is 1.34. The van der Waals surface area contributed by atoms with Gasteiger partial charge in [-0.15, -0.1) is 0 Å². The first-order valence-corrected chi connectivity index (χ1v) is 4.30. The lowest BCUT2D eigenvalue weighted by atomic mass is 10.2. The van der Waals surface area contributed by atoms with E-state index in [4.69, 9.17) is 5.11 Å². The van der Waals surface area contributed by atoms with Crippen LogP contribution in [0.5, 0.6) is 0 Å². The van der Waals surface area contributed by atoms with E-state index >= 15 is 0 Å². The molecule has 1 amide bonds. The topological polar surface area (TPSA) is 49.3 Å². The highest BCUT2D eigenvalue weighted by Crippen LogP contribution is 2.18. The molecule has 64 valence electrons. The van der Waals surface area contributed by atoms with Gasteiger partial charge in [-0.1, -0.05) is 46.3 Å². The monoisotopic (exact) mass is 229 g/mol. The van der Waals surface area contributed by atoms with Crippen LogP contribution in [-0.2, 0) is 0 Å². The molecule has 1 aromatic rings. The summed E-state index contributed by atoms with van der Waals surface area (Å²) in [5.74, 6) is 0. The molecule has 1 rings (SSSR count). The van der Waals surface area contributed by atoms with Crippen LogP contribution in [0.1, 0.15) is 10.5 Å². The first-order valence-electron chi connectivity index (χ1n) is 3.38. The van der Waals surface area contributed by atoms with Crippen molar-refractivity contribution >= 4 is 22.0 Å². The van der Waals surface area contributed by atoms with Gasteiger partial charge in [0.1, 0.15) is 4.95 Å². The van der Waals surface area contributed by atoms with Crippen molar-refractivity contribution in [2.24, 2.45) is 0 Å². The van der Waals surface area contributed by atoms with E-state index in [1.807, 2.05) is 30.3 Å². The molecule has 0 aliphatic heterocycles. The second kappa shape index (κ2) is 4.11. The number of carbonyl (C=O) groups is 1. The van der Waals surface area contributed by atoms with Gasteiger partial charge < -0.3 is 10.4 Å². The van der Waals surface area contributed by atoms with Crippen molar-refractivity contribution in [1.82, 2.24) is 5.32 Å². The Kier molecular flexibility index (Phi) is 3.10. The molecule has 1 aromatic carbocycles. The molecule has 1 unspecified atom stereocenters. The van der Waals surface area contributed by atoms with E-state index in [2.05, 4.69) is 21.2 Å². The van der Waals surface area contributed by atoms with Crippen LogP contribution in [0.15, 0.2) is 30.3 Å². The van der Waals surface area contributed by atoms with Crippen LogP contribution in [0.2, 0.25) is 0 Å². The molecule has 0 saturated heterocycles. The van der Waals surface area contributed by atoms with Gasteiger partial charge in [-0.25, -0.2) is 4.79 Å². The van der Waals surface area contributed by atoms with Crippen molar-refractivity contribution in [3.8, 4) is 0 Å². The highest BCUT2D eigenvalue weighted by atomic mass is 79.9. The number of nitrogens with one attached hydrogen (secondary N) is 1. The maximum Gasteiger partial charge on any atom is 0.405 e. The Labute approximate surface area is 78.5 Å². The van der Waals surface area contributed by atoms with Gasteiger partial charge in [0.05, 0.1) is 0 Å². The number of hydrogen-bond acceptors (Lipinski definition) is 1. The first-order chi connectivity index (χ1) is 5.70. The van der Waals surface area contributed by atoms with Gasteiger partial charge in [0.2, 0.25) is 0 Å². The fourth-order valence-electron chi connectivity index (χ4n) is 0.814. The maximum atomic E-state index is 10.2. The zero-order valence-corrected chi connectivity index (χ0v) is 7.78. The van der Waals surface area contributed by atoms with E-state index in [0.29, 0.717) is 0 Å². The number of halogens is 1. The first kappa shape index (κ1) is 9.06. The van der Waals surface area contributed by atoms with Crippen molar-refractivity contribution in [3.63, 3.8) is 0 Å². The summed E-state index contributed by atoms with van der Waals surface area (Å²) in [6.45, 7) is 0. The molecule has 2 N–H and O–H groups in total. The summed E-state index contributed by atoms with van der Waals surface area (Å²) in [5.41, 5.74) is 0.889. The van der Waals surface area contributed by atoms with E-state index in [9.17, 15) is 4.79 Å². The van der Waals surface area contributed by atoms with Crippen LogP contribution >= 0.6 is 15.9 Å². The number of benzene rings is 1. The van der Waals surface area contributed by atoms with Crippen LogP contribution in [-0.4, -0.2) is 11.2 Å². The minimum atomic E-state index is -1.04. The summed E-state index contributed by atoms with van der Waals surface area (Å²) in [7, 11) is 0. The lowest BCUT2D eigenvalue weighted by molar-refractivity contribution is 0.194. The number of carboxylic acid groups (broad SMARTS) is 1. The summed E-state index contributed by atoms with van der Waals surface area (Å²) in [4.78, 5) is 9.91. The summed E-state index contributed by atoms with van der Waals surface area (Å²) < 4.78 is 0. The largest absolute Gasteiger partial charge is 0.465 e. The lowest BCUT2D eigenvalue weighted by Gasteiger charge is -2.08. The van der Waals surface area contributed by atoms with E-state index in [0.717, 1.165) is 5.56 Å². The predicted octanol–water partition coefficient (Wildman–Crippen LogP) is 2.35. The Morgan fingerprint density at radius 3 is 2.50 bits per heavy atom. The van der Waals surface area contributed by atoms with E-state index in [1.165, 1.54) is 0 Å². The van der Waals surface area contributed by atoms with E-state index in [1.54, 1.807) is 0 Å². The second-order valence-corrected chi connectivity index (χ2v) is 3.14. The zero-order valence-electron chi connectivity index (χ0n) is 6.20. The van der Waals surface area contributed by atoms with Gasteiger partial charge >= 0.3 is 6.09 Å². The molecule has 0 heterocycles. The Morgan fingerprint density at radius 1 is 1.42 bits per heavy atom. The average Bonchev–Trinajstić information content (AvgIpc) is 2.05. The maximum absolute atomic E-state index is 10.2. The number of alkyl halides is 1. The van der Waals surface area contributed by atoms with Crippen molar-refractivity contribution < 1.29 is 9.90 Å². The third kappa shape index (κ3) is 2.54. The molecule has 0 spiro atoms. The van der Waals surface area contributed by atoms with Gasteiger partial charge in [0.25, 0.3) is 0 Å². The summed E-state index contributed by atoms with van der Waals surface area (Å²) in [6.07, 6.45) is -1.04. The Hall–Kier alpha value is -1.03. The van der Waals surface area contributed by atoms with E-state index < -0.39 is 6.09 Å². The van der Waals surface area contributed by atoms with Crippen LogP contribution in [0.25, 0.3) is 0 Å². The van der Waals surface area contributed by atoms with Crippen LogP contribution < -0.4 is 5.32 Å². The minimum Gasteiger partial charge on any atom is -0.465 e. The van der Waals surface area contributed by atoms with Crippen molar-refractivity contribution in [1.29, 1.82) is 0 Å². The second-order valence-electron chi connectivity index (χ2n) is 2.22. The third-order valence-corrected chi connectivity index (χ3v) is 2.10. The summed E-state index contributed by atoms with van der Waals surface area (Å²) in [6, 6.07) is 9.27. The quantitative estimate of drug-likeness (QED) is 0.605. The van der Waals surface area contributed by atoms with Crippen LogP contribution in [0, 0.1) is 0 Å². The van der Waals surface area contributed by atoms with Gasteiger partial charge in [-0.05, 0) is 5.56 Å². The fraction of sp³-hybridized carbons (Fsp3) is 0.125. The molecule has 0 radical (unpaired) electrons. The zero-order chi connectivity index (χ0) is 8.97. The number of rotatable bonds is 2. The fourth-order valence-corrected chi connectivity index (χ4v) is 1.31. The standard InChI is InChI=1S/C8H8BrNO2/c9-7(10-8(11)12)6-4-2-1-3-5-6/h1-5,7,10H,(H,11,12). The summed E-state index contributed by atoms with van der Waals surface area (Å²) in [5, 5.41) is 10.7. The molecule has 0 saturated carbocycles. The van der Waals surface area contributed by atoms with Crippen molar-refractivity contribution in [2.75, 3.05) is 0 Å². The molecule has 0 aliphatic rings. The molecule has 0 aromatic heterocycles. The van der Waals surface area contributed by atoms with Gasteiger partial charge in [0, 0.05) is 0 Å². The smallest absolute Gasteiger partial charge is 0.405 e. The molecule has 12 heavy (non-hydrogen) atoms. The predicted molar refractivity (Wildman–Crippen MR) is 49.3 cm³/mol. The Morgan fingerprint density at radius 2 is 2.00 bits per heavy atom. The molecular formula is C8H8BrNO2. The molecule has 0 bridgehead atoms.